The van der Waals surface area contributed by atoms with Crippen molar-refractivity contribution in [1.82, 2.24) is 5.32 Å². The second-order valence-corrected chi connectivity index (χ2v) is 4.52. The third kappa shape index (κ3) is 3.13. The molecule has 0 radical (unpaired) electrons. The number of rotatable bonds is 3. The highest BCUT2D eigenvalue weighted by atomic mass is 16.5. The molecule has 3 nitrogen and oxygen atoms in total. The maximum Gasteiger partial charge on any atom is 0.122 e. The molecule has 1 aromatic rings. The van der Waals surface area contributed by atoms with Gasteiger partial charge >= 0.3 is 0 Å². The minimum atomic E-state index is 0.619. The third-order valence-electron chi connectivity index (χ3n) is 3.42. The Balaban J connectivity index is 2.22. The summed E-state index contributed by atoms with van der Waals surface area (Å²) in [5.74, 6) is 2.39. The second-order valence-electron chi connectivity index (χ2n) is 4.52. The third-order valence-corrected chi connectivity index (χ3v) is 3.42. The SMILES string of the molecule is COc1cc(OC)cc(C2CCCNCC2)c1. The second kappa shape index (κ2) is 5.92. The molecule has 0 bridgehead atoms. The van der Waals surface area contributed by atoms with Gasteiger partial charge in [-0.3, -0.25) is 0 Å². The van der Waals surface area contributed by atoms with Gasteiger partial charge < -0.3 is 14.8 Å². The van der Waals surface area contributed by atoms with E-state index in [1.54, 1.807) is 14.2 Å². The van der Waals surface area contributed by atoms with E-state index < -0.39 is 0 Å². The zero-order chi connectivity index (χ0) is 12.1. The van der Waals surface area contributed by atoms with E-state index in [-0.39, 0.29) is 0 Å². The Kier molecular flexibility index (Phi) is 4.26. The molecule has 1 atom stereocenters. The van der Waals surface area contributed by atoms with Gasteiger partial charge in [0.1, 0.15) is 11.5 Å². The lowest BCUT2D eigenvalue weighted by Crippen LogP contribution is -2.13. The molecular weight excluding hydrogens is 214 g/mol. The highest BCUT2D eigenvalue weighted by Crippen LogP contribution is 2.32. The lowest BCUT2D eigenvalue weighted by molar-refractivity contribution is 0.392. The van der Waals surface area contributed by atoms with Crippen molar-refractivity contribution in [3.05, 3.63) is 23.8 Å². The minimum absolute atomic E-state index is 0.619. The molecule has 0 amide bonds. The molecule has 1 unspecified atom stereocenters. The molecule has 0 aliphatic carbocycles. The van der Waals surface area contributed by atoms with Gasteiger partial charge in [-0.1, -0.05) is 0 Å². The smallest absolute Gasteiger partial charge is 0.122 e. The highest BCUT2D eigenvalue weighted by Gasteiger charge is 2.15. The van der Waals surface area contributed by atoms with E-state index in [0.29, 0.717) is 5.92 Å². The van der Waals surface area contributed by atoms with Crippen LogP contribution in [0.3, 0.4) is 0 Å². The summed E-state index contributed by atoms with van der Waals surface area (Å²) in [5.41, 5.74) is 1.34. The summed E-state index contributed by atoms with van der Waals surface area (Å²) < 4.78 is 10.6. The summed E-state index contributed by atoms with van der Waals surface area (Å²) >= 11 is 0. The normalized spacial score (nSPS) is 20.7. The van der Waals surface area contributed by atoms with Crippen LogP contribution in [0.25, 0.3) is 0 Å². The van der Waals surface area contributed by atoms with Crippen molar-refractivity contribution in [3.8, 4) is 11.5 Å². The van der Waals surface area contributed by atoms with E-state index in [1.165, 1.54) is 24.8 Å². The summed E-state index contributed by atoms with van der Waals surface area (Å²) in [5, 5.41) is 3.44. The first kappa shape index (κ1) is 12.2. The van der Waals surface area contributed by atoms with Crippen LogP contribution < -0.4 is 14.8 Å². The predicted molar refractivity (Wildman–Crippen MR) is 69.0 cm³/mol. The zero-order valence-electron chi connectivity index (χ0n) is 10.7. The molecule has 0 saturated carbocycles. The van der Waals surface area contributed by atoms with Crippen LogP contribution >= 0.6 is 0 Å². The van der Waals surface area contributed by atoms with Gasteiger partial charge in [-0.05, 0) is 56.0 Å². The summed E-state index contributed by atoms with van der Waals surface area (Å²) in [6, 6.07) is 6.20. The monoisotopic (exact) mass is 235 g/mol. The molecule has 1 aliphatic rings. The Bertz CT molecular complexity index is 335. The molecule has 1 aromatic carbocycles. The van der Waals surface area contributed by atoms with E-state index in [9.17, 15) is 0 Å². The van der Waals surface area contributed by atoms with E-state index in [0.717, 1.165) is 24.6 Å². The average Bonchev–Trinajstić information content (AvgIpc) is 2.67. The number of hydrogen-bond acceptors (Lipinski definition) is 3. The number of benzene rings is 1. The van der Waals surface area contributed by atoms with Gasteiger partial charge in [0.05, 0.1) is 14.2 Å². The average molecular weight is 235 g/mol. The van der Waals surface area contributed by atoms with Gasteiger partial charge in [-0.25, -0.2) is 0 Å². The van der Waals surface area contributed by atoms with Gasteiger partial charge in [-0.15, -0.1) is 0 Å². The maximum atomic E-state index is 5.32. The Hall–Kier alpha value is -1.22. The van der Waals surface area contributed by atoms with Crippen LogP contribution in [0.4, 0.5) is 0 Å². The van der Waals surface area contributed by atoms with Crippen LogP contribution in [0, 0.1) is 0 Å². The maximum absolute atomic E-state index is 5.32. The van der Waals surface area contributed by atoms with Gasteiger partial charge in [0.2, 0.25) is 0 Å². The van der Waals surface area contributed by atoms with E-state index in [2.05, 4.69) is 17.4 Å². The fraction of sp³-hybridized carbons (Fsp3) is 0.571. The predicted octanol–water partition coefficient (Wildman–Crippen LogP) is 2.56. The van der Waals surface area contributed by atoms with Crippen molar-refractivity contribution in [2.75, 3.05) is 27.3 Å². The number of ether oxygens (including phenoxy) is 2. The number of hydrogen-bond donors (Lipinski definition) is 1. The zero-order valence-corrected chi connectivity index (χ0v) is 10.7. The van der Waals surface area contributed by atoms with Gasteiger partial charge in [0.15, 0.2) is 0 Å². The summed E-state index contributed by atoms with van der Waals surface area (Å²) in [4.78, 5) is 0. The topological polar surface area (TPSA) is 30.5 Å². The molecule has 1 N–H and O–H groups in total. The molecule has 1 saturated heterocycles. The molecule has 2 rings (SSSR count). The Labute approximate surface area is 103 Å². The summed E-state index contributed by atoms with van der Waals surface area (Å²) in [6.45, 7) is 2.24. The number of methoxy groups -OCH3 is 2. The van der Waals surface area contributed by atoms with Crippen LogP contribution in [0.5, 0.6) is 11.5 Å². The molecule has 1 heterocycles. The summed E-state index contributed by atoms with van der Waals surface area (Å²) in [6.07, 6.45) is 3.67. The first-order chi connectivity index (χ1) is 8.33. The molecule has 1 aliphatic heterocycles. The van der Waals surface area contributed by atoms with Gasteiger partial charge in [0, 0.05) is 6.07 Å². The van der Waals surface area contributed by atoms with Crippen molar-refractivity contribution >= 4 is 0 Å². The Morgan fingerprint density at radius 3 is 2.35 bits per heavy atom. The molecule has 0 aromatic heterocycles. The van der Waals surface area contributed by atoms with Crippen LogP contribution in [-0.4, -0.2) is 27.3 Å². The fourth-order valence-corrected chi connectivity index (χ4v) is 2.42. The lowest BCUT2D eigenvalue weighted by Gasteiger charge is -2.16. The van der Waals surface area contributed by atoms with Crippen LogP contribution in [0.2, 0.25) is 0 Å². The highest BCUT2D eigenvalue weighted by molar-refractivity contribution is 5.40. The molecular formula is C14H21NO2. The van der Waals surface area contributed by atoms with Gasteiger partial charge in [0.25, 0.3) is 0 Å². The lowest BCUT2D eigenvalue weighted by atomic mass is 9.92. The van der Waals surface area contributed by atoms with E-state index in [4.69, 9.17) is 9.47 Å². The van der Waals surface area contributed by atoms with Crippen LogP contribution in [0.1, 0.15) is 30.7 Å². The fourth-order valence-electron chi connectivity index (χ4n) is 2.42. The Morgan fingerprint density at radius 2 is 1.71 bits per heavy atom. The van der Waals surface area contributed by atoms with E-state index >= 15 is 0 Å². The molecule has 94 valence electrons. The molecule has 1 fully saturated rings. The van der Waals surface area contributed by atoms with Crippen molar-refractivity contribution in [1.29, 1.82) is 0 Å². The van der Waals surface area contributed by atoms with Crippen LogP contribution in [-0.2, 0) is 0 Å². The first-order valence-corrected chi connectivity index (χ1v) is 6.27. The molecule has 17 heavy (non-hydrogen) atoms. The summed E-state index contributed by atoms with van der Waals surface area (Å²) in [7, 11) is 3.40. The van der Waals surface area contributed by atoms with Crippen molar-refractivity contribution in [2.24, 2.45) is 0 Å². The van der Waals surface area contributed by atoms with Gasteiger partial charge in [-0.2, -0.15) is 0 Å². The molecule has 0 spiro atoms. The largest absolute Gasteiger partial charge is 0.497 e. The minimum Gasteiger partial charge on any atom is -0.497 e. The van der Waals surface area contributed by atoms with E-state index in [1.807, 2.05) is 6.07 Å². The van der Waals surface area contributed by atoms with Crippen LogP contribution in [0.15, 0.2) is 18.2 Å². The first-order valence-electron chi connectivity index (χ1n) is 6.27. The standard InChI is InChI=1S/C14H21NO2/c1-16-13-8-12(9-14(10-13)17-2)11-4-3-6-15-7-5-11/h8-11,15H,3-7H2,1-2H3. The Morgan fingerprint density at radius 1 is 1.00 bits per heavy atom. The quantitative estimate of drug-likeness (QED) is 0.873. The molecule has 3 heteroatoms. The van der Waals surface area contributed by atoms with Crippen molar-refractivity contribution in [2.45, 2.75) is 25.2 Å². The number of nitrogens with one attached hydrogen (secondary N) is 1. The van der Waals surface area contributed by atoms with Crippen molar-refractivity contribution < 1.29 is 9.47 Å². The van der Waals surface area contributed by atoms with Crippen molar-refractivity contribution in [3.63, 3.8) is 0 Å².